The second-order valence-corrected chi connectivity index (χ2v) is 6.65. The van der Waals surface area contributed by atoms with E-state index in [9.17, 15) is 4.79 Å². The van der Waals surface area contributed by atoms with Crippen LogP contribution in [0.2, 0.25) is 0 Å². The molecule has 1 fully saturated rings. The van der Waals surface area contributed by atoms with Crippen molar-refractivity contribution < 1.29 is 4.79 Å². The maximum Gasteiger partial charge on any atom is 0.253 e. The van der Waals surface area contributed by atoms with Crippen molar-refractivity contribution in [1.82, 2.24) is 10.2 Å². The van der Waals surface area contributed by atoms with Crippen molar-refractivity contribution in [1.29, 1.82) is 0 Å². The summed E-state index contributed by atoms with van der Waals surface area (Å²) >= 11 is 0. The molecule has 0 aromatic heterocycles. The van der Waals surface area contributed by atoms with E-state index in [1.54, 1.807) is 0 Å². The van der Waals surface area contributed by atoms with Gasteiger partial charge in [-0.15, -0.1) is 0 Å². The van der Waals surface area contributed by atoms with Crippen LogP contribution in [0.5, 0.6) is 0 Å². The molecule has 3 nitrogen and oxygen atoms in total. The zero-order valence-corrected chi connectivity index (χ0v) is 15.8. The Kier molecular flexibility index (Phi) is 6.24. The van der Waals surface area contributed by atoms with E-state index in [-0.39, 0.29) is 5.91 Å². The molecule has 3 heteroatoms. The largest absolute Gasteiger partial charge is 0.339 e. The van der Waals surface area contributed by atoms with E-state index in [0.717, 1.165) is 44.6 Å². The molecule has 0 bridgehead atoms. The number of carbonyl (C=O) groups is 1. The summed E-state index contributed by atoms with van der Waals surface area (Å²) in [5, 5.41) is 3.44. The van der Waals surface area contributed by atoms with E-state index in [1.165, 1.54) is 22.3 Å². The topological polar surface area (TPSA) is 32.3 Å². The van der Waals surface area contributed by atoms with Gasteiger partial charge >= 0.3 is 0 Å². The molecule has 0 radical (unpaired) electrons. The molecule has 1 N–H and O–H groups in total. The molecule has 0 saturated carbocycles. The molecule has 1 heterocycles. The first-order valence-electron chi connectivity index (χ1n) is 9.62. The lowest BCUT2D eigenvalue weighted by Gasteiger charge is -2.22. The number of hydrogen-bond donors (Lipinski definition) is 1. The third kappa shape index (κ3) is 4.05. The summed E-state index contributed by atoms with van der Waals surface area (Å²) in [4.78, 5) is 14.4. The predicted octanol–water partition coefficient (Wildman–Crippen LogP) is 4.35. The Labute approximate surface area is 156 Å². The highest BCUT2D eigenvalue weighted by Crippen LogP contribution is 2.31. The number of piperidine rings is 1. The average Bonchev–Trinajstić information content (AvgIpc) is 2.71. The molecule has 2 aromatic rings. The van der Waals surface area contributed by atoms with Crippen molar-refractivity contribution in [2.45, 2.75) is 26.7 Å². The average molecular weight is 350 g/mol. The number of nitrogens with one attached hydrogen (secondary N) is 1. The summed E-state index contributed by atoms with van der Waals surface area (Å²) in [7, 11) is 0. The fourth-order valence-electron chi connectivity index (χ4n) is 3.63. The molecular weight excluding hydrogens is 322 g/mol. The molecule has 3 rings (SSSR count). The molecule has 1 amide bonds. The van der Waals surface area contributed by atoms with E-state index in [2.05, 4.69) is 47.8 Å². The minimum atomic E-state index is 0.109. The molecule has 1 aliphatic rings. The van der Waals surface area contributed by atoms with Crippen molar-refractivity contribution in [2.75, 3.05) is 26.2 Å². The Balaban J connectivity index is 1.97. The summed E-state index contributed by atoms with van der Waals surface area (Å²) in [5.41, 5.74) is 6.04. The number of benzene rings is 2. The summed E-state index contributed by atoms with van der Waals surface area (Å²) in [5.74, 6) is 0.109. The fourth-order valence-corrected chi connectivity index (χ4v) is 3.63. The number of rotatable bonds is 5. The van der Waals surface area contributed by atoms with Crippen molar-refractivity contribution >= 4 is 11.5 Å². The predicted molar refractivity (Wildman–Crippen MR) is 108 cm³/mol. The SMILES string of the molecule is CCN(CC)[14C](=O)c1ccc(C(=C2CCNCC2)c2ccccc2)cc1. The minimum absolute atomic E-state index is 0.109. The highest BCUT2D eigenvalue weighted by Gasteiger charge is 2.16. The van der Waals surface area contributed by atoms with Crippen LogP contribution in [0.25, 0.3) is 5.57 Å². The van der Waals surface area contributed by atoms with Gasteiger partial charge in [-0.2, -0.15) is 0 Å². The first-order valence-corrected chi connectivity index (χ1v) is 9.62. The van der Waals surface area contributed by atoms with Gasteiger partial charge in [-0.05, 0) is 68.6 Å². The van der Waals surface area contributed by atoms with Gasteiger partial charge in [0, 0.05) is 18.7 Å². The number of nitrogens with zero attached hydrogens (tertiary/aromatic N) is 1. The fraction of sp³-hybridized carbons (Fsp3) is 0.348. The maximum absolute atomic E-state index is 12.6. The summed E-state index contributed by atoms with van der Waals surface area (Å²) in [6, 6.07) is 18.8. The highest BCUT2D eigenvalue weighted by molar-refractivity contribution is 5.95. The van der Waals surface area contributed by atoms with Gasteiger partial charge in [-0.3, -0.25) is 4.79 Å². The molecule has 1 aliphatic heterocycles. The van der Waals surface area contributed by atoms with E-state index in [4.69, 9.17) is 0 Å². The van der Waals surface area contributed by atoms with Crippen LogP contribution in [0.15, 0.2) is 60.2 Å². The Morgan fingerprint density at radius 3 is 2.08 bits per heavy atom. The van der Waals surface area contributed by atoms with Crippen molar-refractivity contribution in [3.05, 3.63) is 76.9 Å². The zero-order valence-electron chi connectivity index (χ0n) is 15.8. The molecule has 26 heavy (non-hydrogen) atoms. The van der Waals surface area contributed by atoms with Crippen LogP contribution in [0.3, 0.4) is 0 Å². The van der Waals surface area contributed by atoms with Gasteiger partial charge in [0.1, 0.15) is 0 Å². The van der Waals surface area contributed by atoms with Gasteiger partial charge in [0.15, 0.2) is 0 Å². The first kappa shape index (κ1) is 18.4. The molecule has 0 spiro atoms. The van der Waals surface area contributed by atoms with Crippen LogP contribution in [0.1, 0.15) is 48.2 Å². The molecule has 1 saturated heterocycles. The number of hydrogen-bond acceptors (Lipinski definition) is 2. The van der Waals surface area contributed by atoms with Crippen molar-refractivity contribution in [3.8, 4) is 0 Å². The number of carbonyl (C=O) groups excluding carboxylic acids is 1. The Morgan fingerprint density at radius 1 is 0.923 bits per heavy atom. The minimum Gasteiger partial charge on any atom is -0.339 e. The van der Waals surface area contributed by atoms with Crippen LogP contribution in [0.4, 0.5) is 0 Å². The van der Waals surface area contributed by atoms with Gasteiger partial charge in [-0.25, -0.2) is 0 Å². The van der Waals surface area contributed by atoms with E-state index in [0.29, 0.717) is 0 Å². The second kappa shape index (κ2) is 8.81. The van der Waals surface area contributed by atoms with E-state index in [1.807, 2.05) is 30.9 Å². The molecule has 0 aliphatic carbocycles. The van der Waals surface area contributed by atoms with Gasteiger partial charge < -0.3 is 10.2 Å². The Hall–Kier alpha value is -2.39. The first-order chi connectivity index (χ1) is 12.7. The van der Waals surface area contributed by atoms with Crippen LogP contribution >= 0.6 is 0 Å². The van der Waals surface area contributed by atoms with E-state index < -0.39 is 0 Å². The van der Waals surface area contributed by atoms with Crippen LogP contribution in [0, 0.1) is 0 Å². The molecule has 136 valence electrons. The summed E-state index contributed by atoms with van der Waals surface area (Å²) in [6.45, 7) is 7.58. The third-order valence-electron chi connectivity index (χ3n) is 5.09. The Bertz CT molecular complexity index is 751. The standard InChI is InChI=1S/C23H28N2O/c1-3-25(4-2)23(26)21-12-10-19(11-13-21)22(18-8-6-5-7-9-18)20-14-16-24-17-15-20/h5-13,24H,3-4,14-17H2,1-2H3/i23+2. The number of amides is 1. The van der Waals surface area contributed by atoms with Crippen molar-refractivity contribution in [3.63, 3.8) is 0 Å². The lowest BCUT2D eigenvalue weighted by atomic mass is 9.89. The van der Waals surface area contributed by atoms with Crippen LogP contribution in [-0.4, -0.2) is 37.0 Å². The molecule has 2 aromatic carbocycles. The smallest absolute Gasteiger partial charge is 0.253 e. The second-order valence-electron chi connectivity index (χ2n) is 6.65. The maximum atomic E-state index is 12.6. The van der Waals surface area contributed by atoms with Crippen LogP contribution < -0.4 is 5.32 Å². The summed E-state index contributed by atoms with van der Waals surface area (Å²) in [6.07, 6.45) is 2.15. The monoisotopic (exact) mass is 350 g/mol. The molecular formula is C23H28N2O. The summed E-state index contributed by atoms with van der Waals surface area (Å²) < 4.78 is 0. The Morgan fingerprint density at radius 2 is 1.50 bits per heavy atom. The van der Waals surface area contributed by atoms with Gasteiger partial charge in [0.25, 0.3) is 5.91 Å². The molecule has 0 atom stereocenters. The zero-order chi connectivity index (χ0) is 18.4. The van der Waals surface area contributed by atoms with Gasteiger partial charge in [0.05, 0.1) is 0 Å². The van der Waals surface area contributed by atoms with Crippen LogP contribution in [-0.2, 0) is 0 Å². The third-order valence-corrected chi connectivity index (χ3v) is 5.09. The van der Waals surface area contributed by atoms with Gasteiger partial charge in [-0.1, -0.05) is 48.0 Å². The lowest BCUT2D eigenvalue weighted by molar-refractivity contribution is 0.0773. The molecule has 0 unspecified atom stereocenters. The quantitative estimate of drug-likeness (QED) is 0.869. The normalized spacial score (nSPS) is 14.2. The van der Waals surface area contributed by atoms with E-state index >= 15 is 0 Å². The lowest BCUT2D eigenvalue weighted by Crippen LogP contribution is -2.30. The van der Waals surface area contributed by atoms with Crippen molar-refractivity contribution in [2.24, 2.45) is 0 Å². The van der Waals surface area contributed by atoms with Gasteiger partial charge in [0.2, 0.25) is 0 Å². The highest BCUT2D eigenvalue weighted by atomic mass is 16.3.